The van der Waals surface area contributed by atoms with Crippen molar-refractivity contribution < 1.29 is 38.7 Å². The van der Waals surface area contributed by atoms with Crippen molar-refractivity contribution >= 4 is 35.1 Å². The van der Waals surface area contributed by atoms with Gasteiger partial charge in [-0.3, -0.25) is 19.4 Å². The first-order chi connectivity index (χ1) is 23.8. The third-order valence-corrected chi connectivity index (χ3v) is 8.50. The van der Waals surface area contributed by atoms with E-state index < -0.39 is 11.9 Å². The first kappa shape index (κ1) is 38.2. The van der Waals surface area contributed by atoms with Crippen LogP contribution in [0.3, 0.4) is 0 Å². The predicted octanol–water partition coefficient (Wildman–Crippen LogP) is 6.28. The molecule has 0 aliphatic rings. The fourth-order valence-corrected chi connectivity index (χ4v) is 5.94. The SMILES string of the molecule is COc1nc(OCc2cccc(-c3cccc(COc4nc(OC)c(CN(C)CC(=O)O)cc4Cl)c3C)c2C)c(Cl)cc1CN(C)CC(=O)O. The fraction of sp³-hybridized carbons (Fsp3) is 0.333. The number of hydrogen-bond acceptors (Lipinski definition) is 10. The predicted molar refractivity (Wildman–Crippen MR) is 190 cm³/mol. The topological polar surface area (TPSA) is 144 Å². The van der Waals surface area contributed by atoms with E-state index >= 15 is 0 Å². The Morgan fingerprint density at radius 2 is 1.04 bits per heavy atom. The Kier molecular flexibility index (Phi) is 13.3. The highest BCUT2D eigenvalue weighted by molar-refractivity contribution is 6.32. The molecule has 12 nitrogen and oxygen atoms in total. The summed E-state index contributed by atoms with van der Waals surface area (Å²) in [5, 5.41) is 18.7. The summed E-state index contributed by atoms with van der Waals surface area (Å²) in [6.45, 7) is 4.73. The highest BCUT2D eigenvalue weighted by Gasteiger charge is 2.19. The molecule has 266 valence electrons. The van der Waals surface area contributed by atoms with Crippen molar-refractivity contribution in [2.45, 2.75) is 40.2 Å². The van der Waals surface area contributed by atoms with Gasteiger partial charge in [-0.25, -0.2) is 0 Å². The van der Waals surface area contributed by atoms with Crippen molar-refractivity contribution in [2.75, 3.05) is 41.4 Å². The molecule has 0 saturated heterocycles. The van der Waals surface area contributed by atoms with Crippen LogP contribution in [0.2, 0.25) is 10.0 Å². The van der Waals surface area contributed by atoms with Crippen molar-refractivity contribution in [3.8, 4) is 34.6 Å². The summed E-state index contributed by atoms with van der Waals surface area (Å²) in [4.78, 5) is 34.3. The van der Waals surface area contributed by atoms with E-state index in [1.165, 1.54) is 14.2 Å². The van der Waals surface area contributed by atoms with E-state index in [2.05, 4.69) is 9.97 Å². The van der Waals surface area contributed by atoms with Gasteiger partial charge in [0, 0.05) is 24.2 Å². The van der Waals surface area contributed by atoms with E-state index in [0.29, 0.717) is 22.9 Å². The number of likely N-dealkylation sites (N-methyl/N-ethyl adjacent to an activating group) is 2. The number of ether oxygens (including phenoxy) is 4. The van der Waals surface area contributed by atoms with Crippen LogP contribution in [0.5, 0.6) is 23.5 Å². The first-order valence-corrected chi connectivity index (χ1v) is 16.3. The molecule has 0 unspecified atom stereocenters. The molecule has 2 aromatic heterocycles. The Morgan fingerprint density at radius 3 is 1.38 bits per heavy atom. The van der Waals surface area contributed by atoms with Gasteiger partial charge >= 0.3 is 11.9 Å². The second kappa shape index (κ2) is 17.3. The lowest BCUT2D eigenvalue weighted by Crippen LogP contribution is -2.25. The molecule has 0 saturated carbocycles. The van der Waals surface area contributed by atoms with Gasteiger partial charge in [-0.2, -0.15) is 9.97 Å². The van der Waals surface area contributed by atoms with E-state index in [1.54, 1.807) is 36.0 Å². The zero-order valence-electron chi connectivity index (χ0n) is 28.8. The molecule has 50 heavy (non-hydrogen) atoms. The quantitative estimate of drug-likeness (QED) is 0.126. The number of hydrogen-bond donors (Lipinski definition) is 2. The molecule has 0 aliphatic heterocycles. The van der Waals surface area contributed by atoms with E-state index in [4.69, 9.17) is 52.4 Å². The maximum Gasteiger partial charge on any atom is 0.317 e. The Bertz CT molecular complexity index is 1720. The number of nitrogens with zero attached hydrogens (tertiary/aromatic N) is 4. The Labute approximate surface area is 301 Å². The van der Waals surface area contributed by atoms with Crippen molar-refractivity contribution in [3.63, 3.8) is 0 Å². The lowest BCUT2D eigenvalue weighted by molar-refractivity contribution is -0.139. The average Bonchev–Trinajstić information content (AvgIpc) is 3.04. The maximum absolute atomic E-state index is 11.1. The second-order valence-electron chi connectivity index (χ2n) is 11.8. The molecule has 0 fully saturated rings. The Hall–Kier alpha value is -4.62. The number of benzene rings is 2. The van der Waals surface area contributed by atoms with Crippen LogP contribution in [0.4, 0.5) is 0 Å². The van der Waals surface area contributed by atoms with Crippen LogP contribution in [0, 0.1) is 13.8 Å². The van der Waals surface area contributed by atoms with Gasteiger partial charge in [-0.15, -0.1) is 0 Å². The zero-order chi connectivity index (χ0) is 36.5. The molecule has 0 amide bonds. The van der Waals surface area contributed by atoms with E-state index in [9.17, 15) is 9.59 Å². The molecular formula is C36H40Cl2N4O8. The molecular weight excluding hydrogens is 687 g/mol. The molecule has 0 bridgehead atoms. The smallest absolute Gasteiger partial charge is 0.317 e. The highest BCUT2D eigenvalue weighted by Crippen LogP contribution is 2.34. The van der Waals surface area contributed by atoms with Crippen LogP contribution in [0.15, 0.2) is 48.5 Å². The van der Waals surface area contributed by atoms with Crippen molar-refractivity contribution in [1.82, 2.24) is 19.8 Å². The van der Waals surface area contributed by atoms with E-state index in [0.717, 1.165) is 33.4 Å². The second-order valence-corrected chi connectivity index (χ2v) is 12.6. The molecule has 2 aromatic carbocycles. The summed E-state index contributed by atoms with van der Waals surface area (Å²) in [5.41, 5.74) is 7.22. The van der Waals surface area contributed by atoms with Gasteiger partial charge in [0.15, 0.2) is 0 Å². The Morgan fingerprint density at radius 1 is 0.660 bits per heavy atom. The summed E-state index contributed by atoms with van der Waals surface area (Å²) in [5.74, 6) is -0.865. The summed E-state index contributed by atoms with van der Waals surface area (Å²) < 4.78 is 23.0. The van der Waals surface area contributed by atoms with Crippen LogP contribution >= 0.6 is 23.2 Å². The number of methoxy groups -OCH3 is 2. The summed E-state index contributed by atoms with van der Waals surface area (Å²) >= 11 is 13.1. The van der Waals surface area contributed by atoms with E-state index in [-0.39, 0.29) is 61.2 Å². The van der Waals surface area contributed by atoms with Crippen LogP contribution < -0.4 is 18.9 Å². The van der Waals surface area contributed by atoms with Gasteiger partial charge in [0.1, 0.15) is 23.3 Å². The Balaban J connectivity index is 1.50. The third kappa shape index (κ3) is 9.75. The minimum absolute atomic E-state index is 0.143. The lowest BCUT2D eigenvalue weighted by Gasteiger charge is -2.19. The monoisotopic (exact) mass is 726 g/mol. The number of carbonyl (C=O) groups is 2. The molecule has 2 N–H and O–H groups in total. The molecule has 4 aromatic rings. The molecule has 14 heteroatoms. The van der Waals surface area contributed by atoms with Crippen LogP contribution in [-0.4, -0.2) is 83.3 Å². The molecule has 0 spiro atoms. The van der Waals surface area contributed by atoms with Gasteiger partial charge < -0.3 is 29.2 Å². The van der Waals surface area contributed by atoms with Gasteiger partial charge in [0.25, 0.3) is 0 Å². The fourth-order valence-electron chi connectivity index (χ4n) is 5.48. The number of carboxylic acids is 2. The minimum atomic E-state index is -0.940. The standard InChI is InChI=1S/C36H40Cl2N4O8/c1-21-23(19-49-35-29(37)13-25(33(39-35)47-5)15-41(3)17-31(43)44)9-7-11-27(21)28-12-8-10-24(22(28)2)20-50-36-30(38)14-26(34(40-36)48-6)16-42(4)18-32(45)46/h7-14H,15-20H2,1-6H3,(H,43,44)(H,45,46). The highest BCUT2D eigenvalue weighted by atomic mass is 35.5. The number of aliphatic carboxylic acids is 2. The van der Waals surface area contributed by atoms with Crippen molar-refractivity contribution in [2.24, 2.45) is 0 Å². The van der Waals surface area contributed by atoms with Crippen LogP contribution in [-0.2, 0) is 35.9 Å². The third-order valence-electron chi connectivity index (χ3n) is 7.95. The van der Waals surface area contributed by atoms with Crippen molar-refractivity contribution in [1.29, 1.82) is 0 Å². The van der Waals surface area contributed by atoms with Gasteiger partial charge in [-0.1, -0.05) is 59.6 Å². The normalized spacial score (nSPS) is 11.2. The molecule has 2 heterocycles. The molecule has 0 atom stereocenters. The summed E-state index contributed by atoms with van der Waals surface area (Å²) in [6.07, 6.45) is 0. The van der Waals surface area contributed by atoms with E-state index in [1.807, 2.05) is 50.2 Å². The van der Waals surface area contributed by atoms with Crippen LogP contribution in [0.25, 0.3) is 11.1 Å². The minimum Gasteiger partial charge on any atom is -0.481 e. The largest absolute Gasteiger partial charge is 0.481 e. The number of pyridine rings is 2. The zero-order valence-corrected chi connectivity index (χ0v) is 30.3. The average molecular weight is 728 g/mol. The summed E-state index contributed by atoms with van der Waals surface area (Å²) in [7, 11) is 6.34. The number of rotatable bonds is 17. The van der Waals surface area contributed by atoms with Crippen molar-refractivity contribution in [3.05, 3.63) is 92.0 Å². The lowest BCUT2D eigenvalue weighted by atomic mass is 9.92. The van der Waals surface area contributed by atoms with Gasteiger partial charge in [0.2, 0.25) is 23.5 Å². The van der Waals surface area contributed by atoms with Crippen LogP contribution in [0.1, 0.15) is 33.4 Å². The molecule has 0 radical (unpaired) electrons. The maximum atomic E-state index is 11.1. The van der Waals surface area contributed by atoms with Gasteiger partial charge in [0.05, 0.1) is 27.3 Å². The van der Waals surface area contributed by atoms with Gasteiger partial charge in [-0.05, 0) is 73.5 Å². The number of aromatic nitrogens is 2. The molecule has 4 rings (SSSR count). The first-order valence-electron chi connectivity index (χ1n) is 15.5. The number of halogens is 2. The summed E-state index contributed by atoms with van der Waals surface area (Å²) in [6, 6.07) is 15.3. The number of carboxylic acid groups (broad SMARTS) is 2. The molecule has 0 aliphatic carbocycles.